The minimum absolute atomic E-state index is 0.0216. The van der Waals surface area contributed by atoms with Gasteiger partial charge in [0, 0.05) is 11.0 Å². The third-order valence-corrected chi connectivity index (χ3v) is 13.7. The van der Waals surface area contributed by atoms with Crippen LogP contribution < -0.4 is 0 Å². The van der Waals surface area contributed by atoms with Crippen LogP contribution in [0.5, 0.6) is 0 Å². The number of carbonyl (C=O) groups is 5. The number of esters is 4. The van der Waals surface area contributed by atoms with Gasteiger partial charge in [-0.25, -0.2) is 4.79 Å². The molecule has 4 rings (SSSR count). The van der Waals surface area contributed by atoms with Crippen LogP contribution in [-0.2, 0) is 49.5 Å². The summed E-state index contributed by atoms with van der Waals surface area (Å²) >= 11 is 0. The molecule has 11 heteroatoms. The van der Waals surface area contributed by atoms with E-state index < -0.39 is 63.7 Å². The molecule has 0 spiro atoms. The summed E-state index contributed by atoms with van der Waals surface area (Å²) in [6.45, 7) is 21.7. The largest absolute Gasteiger partial charge is 0.481 e. The topological polar surface area (TPSA) is 163 Å². The highest BCUT2D eigenvalue weighted by Crippen LogP contribution is 2.66. The standard InChI is InChI=1S/C45H66O11/c1-28(2)35(47)53-24-30-17-18-33(32(46)21-30)55-37(50)40(3,4)25-43(9,36(48)49)27-44(10,39(52)54-23-29-15-13-12-14-16-29)26-41(5,6)38(51)56-34-22-31-19-20-45(34,11)42(31,7)8/h12-16,30-34,46H,1,17-27H2,2-11H3,(H,48,49). The number of hydrogen-bond acceptors (Lipinski definition) is 10. The highest BCUT2D eigenvalue weighted by Gasteiger charge is 2.63. The lowest BCUT2D eigenvalue weighted by Gasteiger charge is -2.43. The van der Waals surface area contributed by atoms with E-state index in [1.54, 1.807) is 41.5 Å². The summed E-state index contributed by atoms with van der Waals surface area (Å²) < 4.78 is 23.3. The van der Waals surface area contributed by atoms with E-state index in [-0.39, 0.29) is 67.3 Å². The zero-order valence-corrected chi connectivity index (χ0v) is 35.3. The zero-order valence-electron chi connectivity index (χ0n) is 35.3. The van der Waals surface area contributed by atoms with Crippen LogP contribution in [0.25, 0.3) is 0 Å². The maximum atomic E-state index is 14.2. The van der Waals surface area contributed by atoms with Crippen LogP contribution in [-0.4, -0.2) is 65.0 Å². The number of carboxylic acid groups (broad SMARTS) is 1. The zero-order chi connectivity index (χ0) is 42.1. The number of fused-ring (bicyclic) bond motifs is 2. The Labute approximate surface area is 333 Å². The Kier molecular flexibility index (Phi) is 13.4. The number of rotatable bonds is 17. The molecule has 8 atom stereocenters. The lowest BCUT2D eigenvalue weighted by Crippen LogP contribution is -2.47. The van der Waals surface area contributed by atoms with Crippen LogP contribution >= 0.6 is 0 Å². The van der Waals surface area contributed by atoms with Crippen molar-refractivity contribution in [1.82, 2.24) is 0 Å². The smallest absolute Gasteiger partial charge is 0.333 e. The van der Waals surface area contributed by atoms with Crippen molar-refractivity contribution in [2.75, 3.05) is 6.61 Å². The Morgan fingerprint density at radius 3 is 1.89 bits per heavy atom. The number of aliphatic hydroxyl groups excluding tert-OH is 1. The summed E-state index contributed by atoms with van der Waals surface area (Å²) in [7, 11) is 0. The third-order valence-electron chi connectivity index (χ3n) is 13.7. The lowest BCUT2D eigenvalue weighted by atomic mass is 9.62. The molecular formula is C45H66O11. The first kappa shape index (κ1) is 45.0. The van der Waals surface area contributed by atoms with Crippen LogP contribution in [0.15, 0.2) is 42.5 Å². The molecule has 0 radical (unpaired) electrons. The molecule has 1 aromatic carbocycles. The molecule has 11 nitrogen and oxygen atoms in total. The molecule has 3 fully saturated rings. The minimum atomic E-state index is -1.66. The summed E-state index contributed by atoms with van der Waals surface area (Å²) in [6, 6.07) is 9.14. The average molecular weight is 783 g/mol. The van der Waals surface area contributed by atoms with Crippen LogP contribution in [0.2, 0.25) is 0 Å². The van der Waals surface area contributed by atoms with E-state index in [2.05, 4.69) is 27.4 Å². The van der Waals surface area contributed by atoms with Gasteiger partial charge < -0.3 is 29.2 Å². The summed E-state index contributed by atoms with van der Waals surface area (Å²) in [6.07, 6.45) is 1.39. The Morgan fingerprint density at radius 2 is 1.38 bits per heavy atom. The fourth-order valence-electron chi connectivity index (χ4n) is 9.98. The van der Waals surface area contributed by atoms with Crippen molar-refractivity contribution in [2.45, 2.75) is 152 Å². The Balaban J connectivity index is 1.52. The highest BCUT2D eigenvalue weighted by molar-refractivity contribution is 5.87. The summed E-state index contributed by atoms with van der Waals surface area (Å²) in [5, 5.41) is 21.7. The second-order valence-electron chi connectivity index (χ2n) is 19.9. The number of carbonyl (C=O) groups excluding carboxylic acids is 4. The number of hydrogen-bond donors (Lipinski definition) is 2. The van der Waals surface area contributed by atoms with Gasteiger partial charge in [-0.05, 0) is 129 Å². The van der Waals surface area contributed by atoms with Gasteiger partial charge in [0.15, 0.2) is 0 Å². The predicted molar refractivity (Wildman–Crippen MR) is 210 cm³/mol. The molecule has 56 heavy (non-hydrogen) atoms. The van der Waals surface area contributed by atoms with E-state index in [4.69, 9.17) is 18.9 Å². The van der Waals surface area contributed by atoms with Crippen molar-refractivity contribution in [3.05, 3.63) is 48.0 Å². The number of carboxylic acids is 1. The van der Waals surface area contributed by atoms with E-state index in [9.17, 15) is 34.2 Å². The minimum Gasteiger partial charge on any atom is -0.481 e. The normalized spacial score (nSPS) is 27.9. The SMILES string of the molecule is C=C(C)C(=O)OCC1CCC(OC(=O)C(C)(C)CC(C)(CC(C)(CC(C)(C)C(=O)OC2CC3CCC2(C)C3(C)C)C(=O)OCc2ccccc2)C(=O)O)C(O)C1. The average Bonchev–Trinajstić information content (AvgIpc) is 3.44. The van der Waals surface area contributed by atoms with Gasteiger partial charge in [0.05, 0.1) is 34.4 Å². The number of aliphatic carboxylic acids is 1. The fraction of sp³-hybridized carbons (Fsp3) is 0.711. The van der Waals surface area contributed by atoms with Crippen LogP contribution in [0.3, 0.4) is 0 Å². The van der Waals surface area contributed by atoms with Gasteiger partial charge in [0.1, 0.15) is 18.8 Å². The van der Waals surface area contributed by atoms with E-state index in [0.717, 1.165) is 24.8 Å². The van der Waals surface area contributed by atoms with Gasteiger partial charge in [-0.2, -0.15) is 0 Å². The van der Waals surface area contributed by atoms with Crippen molar-refractivity contribution >= 4 is 29.8 Å². The molecule has 312 valence electrons. The molecule has 3 saturated carbocycles. The quantitative estimate of drug-likeness (QED) is 0.0895. The molecule has 0 aromatic heterocycles. The van der Waals surface area contributed by atoms with Crippen molar-refractivity contribution in [1.29, 1.82) is 0 Å². The van der Waals surface area contributed by atoms with Crippen LogP contribution in [0.1, 0.15) is 133 Å². The van der Waals surface area contributed by atoms with Crippen molar-refractivity contribution < 1.29 is 53.1 Å². The third kappa shape index (κ3) is 9.68. The number of aliphatic hydroxyl groups is 1. The Morgan fingerprint density at radius 1 is 0.786 bits per heavy atom. The maximum absolute atomic E-state index is 14.2. The first-order valence-electron chi connectivity index (χ1n) is 20.1. The van der Waals surface area contributed by atoms with Crippen molar-refractivity contribution in [3.63, 3.8) is 0 Å². The molecule has 0 saturated heterocycles. The fourth-order valence-corrected chi connectivity index (χ4v) is 9.98. The van der Waals surface area contributed by atoms with Crippen LogP contribution in [0.4, 0.5) is 0 Å². The molecule has 0 aliphatic heterocycles. The predicted octanol–water partition coefficient (Wildman–Crippen LogP) is 8.00. The molecule has 1 aromatic rings. The highest BCUT2D eigenvalue weighted by atomic mass is 16.6. The van der Waals surface area contributed by atoms with Crippen molar-refractivity contribution in [3.8, 4) is 0 Å². The first-order valence-corrected chi connectivity index (χ1v) is 20.1. The van der Waals surface area contributed by atoms with E-state index in [0.29, 0.717) is 18.8 Å². The van der Waals surface area contributed by atoms with Gasteiger partial charge in [0.25, 0.3) is 0 Å². The molecule has 8 unspecified atom stereocenters. The molecular weight excluding hydrogens is 716 g/mol. The van der Waals surface area contributed by atoms with Gasteiger partial charge in [-0.3, -0.25) is 19.2 Å². The second kappa shape index (κ2) is 16.6. The van der Waals surface area contributed by atoms with Gasteiger partial charge in [0.2, 0.25) is 0 Å². The lowest BCUT2D eigenvalue weighted by molar-refractivity contribution is -0.176. The van der Waals surface area contributed by atoms with E-state index >= 15 is 0 Å². The number of ether oxygens (including phenoxy) is 4. The molecule has 0 amide bonds. The van der Waals surface area contributed by atoms with Crippen molar-refractivity contribution in [2.24, 2.45) is 44.3 Å². The van der Waals surface area contributed by atoms with E-state index in [1.807, 2.05) is 30.3 Å². The maximum Gasteiger partial charge on any atom is 0.333 e. The van der Waals surface area contributed by atoms with Crippen LogP contribution in [0, 0.1) is 44.3 Å². The van der Waals surface area contributed by atoms with Gasteiger partial charge in [-0.1, -0.05) is 57.7 Å². The van der Waals surface area contributed by atoms with Gasteiger partial charge in [-0.15, -0.1) is 0 Å². The Bertz CT molecular complexity index is 1650. The second-order valence-corrected chi connectivity index (χ2v) is 19.9. The molecule has 3 aliphatic rings. The number of benzene rings is 1. The van der Waals surface area contributed by atoms with Gasteiger partial charge >= 0.3 is 29.8 Å². The molecule has 3 aliphatic carbocycles. The molecule has 2 N–H and O–H groups in total. The molecule has 0 heterocycles. The first-order chi connectivity index (χ1) is 25.8. The summed E-state index contributed by atoms with van der Waals surface area (Å²) in [5.74, 6) is -3.17. The van der Waals surface area contributed by atoms with E-state index in [1.165, 1.54) is 6.92 Å². The summed E-state index contributed by atoms with van der Waals surface area (Å²) in [4.78, 5) is 67.2. The summed E-state index contributed by atoms with van der Waals surface area (Å²) in [5.41, 5.74) is -4.82. The molecule has 2 bridgehead atoms. The monoisotopic (exact) mass is 782 g/mol. The Hall–Kier alpha value is -3.73.